The number of aromatic nitrogens is 2. The molecule has 1 atom stereocenters. The molecule has 0 radical (unpaired) electrons. The highest BCUT2D eigenvalue weighted by molar-refractivity contribution is 9.10. The predicted molar refractivity (Wildman–Crippen MR) is 72.7 cm³/mol. The van der Waals surface area contributed by atoms with Gasteiger partial charge in [0.25, 0.3) is 0 Å². The molecule has 0 spiro atoms. The van der Waals surface area contributed by atoms with Gasteiger partial charge in [-0.25, -0.2) is 0 Å². The van der Waals surface area contributed by atoms with E-state index >= 15 is 0 Å². The van der Waals surface area contributed by atoms with Crippen molar-refractivity contribution in [1.82, 2.24) is 9.78 Å². The van der Waals surface area contributed by atoms with E-state index in [1.54, 1.807) is 0 Å². The maximum Gasteiger partial charge on any atom is 0.0766 e. The van der Waals surface area contributed by atoms with Crippen molar-refractivity contribution in [1.29, 1.82) is 5.26 Å². The average molecular weight is 298 g/mol. The van der Waals surface area contributed by atoms with Crippen molar-refractivity contribution in [2.75, 3.05) is 0 Å². The van der Waals surface area contributed by atoms with Gasteiger partial charge in [-0.05, 0) is 42.6 Å². The third-order valence-corrected chi connectivity index (χ3v) is 4.22. The Kier molecular flexibility index (Phi) is 4.76. The summed E-state index contributed by atoms with van der Waals surface area (Å²) >= 11 is 3.62. The molecule has 0 aromatic carbocycles. The minimum atomic E-state index is -0.305. The van der Waals surface area contributed by atoms with E-state index < -0.39 is 0 Å². The maximum absolute atomic E-state index is 9.27. The fourth-order valence-corrected chi connectivity index (χ4v) is 2.50. The molecule has 0 saturated carbocycles. The number of rotatable bonds is 5. The molecule has 1 aromatic heterocycles. The van der Waals surface area contributed by atoms with Crippen molar-refractivity contribution < 1.29 is 0 Å². The largest absolute Gasteiger partial charge is 0.268 e. The van der Waals surface area contributed by atoms with E-state index in [9.17, 15) is 5.26 Å². The van der Waals surface area contributed by atoms with Gasteiger partial charge < -0.3 is 0 Å². The third-order valence-electron chi connectivity index (χ3n) is 3.30. The standard InChI is InChI=1S/C13H20BrN3/c1-5-10-12(14)11(17(7-3)16-10)8-13(4,6-2)9-15/h5-8H2,1-4H3. The number of halogens is 1. The molecular weight excluding hydrogens is 278 g/mol. The van der Waals surface area contributed by atoms with Gasteiger partial charge in [0.1, 0.15) is 0 Å². The van der Waals surface area contributed by atoms with E-state index in [0.29, 0.717) is 0 Å². The van der Waals surface area contributed by atoms with Crippen LogP contribution in [0.15, 0.2) is 4.47 Å². The lowest BCUT2D eigenvalue weighted by Gasteiger charge is -2.19. The molecule has 0 aliphatic rings. The van der Waals surface area contributed by atoms with Crippen LogP contribution in [0.25, 0.3) is 0 Å². The van der Waals surface area contributed by atoms with Gasteiger partial charge in [0.2, 0.25) is 0 Å². The third kappa shape index (κ3) is 2.90. The summed E-state index contributed by atoms with van der Waals surface area (Å²) in [5, 5.41) is 13.8. The molecule has 3 nitrogen and oxygen atoms in total. The number of nitrogens with zero attached hydrogens (tertiary/aromatic N) is 3. The van der Waals surface area contributed by atoms with Crippen LogP contribution in [0.2, 0.25) is 0 Å². The van der Waals surface area contributed by atoms with Gasteiger partial charge in [0, 0.05) is 13.0 Å². The molecule has 1 aromatic rings. The first-order valence-electron chi connectivity index (χ1n) is 6.16. The molecule has 1 rings (SSSR count). The van der Waals surface area contributed by atoms with Gasteiger partial charge >= 0.3 is 0 Å². The smallest absolute Gasteiger partial charge is 0.0766 e. The molecule has 0 fully saturated rings. The van der Waals surface area contributed by atoms with Gasteiger partial charge in [-0.3, -0.25) is 4.68 Å². The Labute approximate surface area is 112 Å². The molecule has 0 N–H and O–H groups in total. The second kappa shape index (κ2) is 5.68. The van der Waals surface area contributed by atoms with E-state index in [-0.39, 0.29) is 5.41 Å². The Balaban J connectivity index is 3.14. The first-order chi connectivity index (χ1) is 8.01. The van der Waals surface area contributed by atoms with Gasteiger partial charge in [-0.2, -0.15) is 10.4 Å². The average Bonchev–Trinajstić information content (AvgIpc) is 2.66. The van der Waals surface area contributed by atoms with Crippen LogP contribution in [0.5, 0.6) is 0 Å². The Morgan fingerprint density at radius 1 is 1.41 bits per heavy atom. The summed E-state index contributed by atoms with van der Waals surface area (Å²) in [4.78, 5) is 0. The number of nitriles is 1. The van der Waals surface area contributed by atoms with Crippen molar-refractivity contribution >= 4 is 15.9 Å². The summed E-state index contributed by atoms with van der Waals surface area (Å²) in [6.07, 6.45) is 2.52. The summed E-state index contributed by atoms with van der Waals surface area (Å²) in [6, 6.07) is 2.42. The van der Waals surface area contributed by atoms with E-state index in [1.165, 1.54) is 0 Å². The van der Waals surface area contributed by atoms with Crippen LogP contribution in [0, 0.1) is 16.7 Å². The normalized spacial score (nSPS) is 14.4. The highest BCUT2D eigenvalue weighted by atomic mass is 79.9. The predicted octanol–water partition coefficient (Wildman–Crippen LogP) is 3.71. The highest BCUT2D eigenvalue weighted by Gasteiger charge is 2.26. The summed E-state index contributed by atoms with van der Waals surface area (Å²) in [5.41, 5.74) is 1.93. The molecule has 4 heteroatoms. The van der Waals surface area contributed by atoms with E-state index in [2.05, 4.69) is 47.9 Å². The Hall–Kier alpha value is -0.820. The molecule has 1 heterocycles. The molecule has 0 aliphatic carbocycles. The van der Waals surface area contributed by atoms with Crippen molar-refractivity contribution in [2.24, 2.45) is 5.41 Å². The van der Waals surface area contributed by atoms with Crippen LogP contribution >= 0.6 is 15.9 Å². The molecule has 0 bridgehead atoms. The lowest BCUT2D eigenvalue weighted by atomic mass is 9.84. The Bertz CT molecular complexity index is 431. The highest BCUT2D eigenvalue weighted by Crippen LogP contribution is 2.31. The van der Waals surface area contributed by atoms with Gasteiger partial charge in [0.15, 0.2) is 0 Å². The SMILES string of the molecule is CCc1nn(CC)c(CC(C)(C#N)CC)c1Br. The monoisotopic (exact) mass is 297 g/mol. The van der Waals surface area contributed by atoms with E-state index in [1.807, 2.05) is 11.6 Å². The second-order valence-electron chi connectivity index (χ2n) is 4.58. The number of aryl methyl sites for hydroxylation is 2. The first kappa shape index (κ1) is 14.2. The summed E-state index contributed by atoms with van der Waals surface area (Å²) in [6.45, 7) is 9.10. The quantitative estimate of drug-likeness (QED) is 0.831. The van der Waals surface area contributed by atoms with E-state index in [4.69, 9.17) is 0 Å². The Morgan fingerprint density at radius 3 is 2.47 bits per heavy atom. The lowest BCUT2D eigenvalue weighted by Crippen LogP contribution is -2.19. The van der Waals surface area contributed by atoms with Crippen LogP contribution in [-0.2, 0) is 19.4 Å². The zero-order chi connectivity index (χ0) is 13.1. The maximum atomic E-state index is 9.27. The summed E-state index contributed by atoms with van der Waals surface area (Å²) < 4.78 is 3.09. The van der Waals surface area contributed by atoms with Crippen molar-refractivity contribution in [2.45, 2.75) is 53.5 Å². The summed E-state index contributed by atoms with van der Waals surface area (Å²) in [7, 11) is 0. The van der Waals surface area contributed by atoms with Gasteiger partial charge in [-0.1, -0.05) is 13.8 Å². The molecule has 94 valence electrons. The first-order valence-corrected chi connectivity index (χ1v) is 6.95. The minimum Gasteiger partial charge on any atom is -0.268 e. The molecule has 1 unspecified atom stereocenters. The zero-order valence-corrected chi connectivity index (χ0v) is 12.6. The van der Waals surface area contributed by atoms with Crippen LogP contribution in [0.4, 0.5) is 0 Å². The fraction of sp³-hybridized carbons (Fsp3) is 0.692. The van der Waals surface area contributed by atoms with Crippen LogP contribution in [-0.4, -0.2) is 9.78 Å². The number of hydrogen-bond donors (Lipinski definition) is 0. The topological polar surface area (TPSA) is 41.6 Å². The zero-order valence-electron chi connectivity index (χ0n) is 11.0. The van der Waals surface area contributed by atoms with Crippen molar-refractivity contribution in [3.8, 4) is 6.07 Å². The van der Waals surface area contributed by atoms with Gasteiger partial charge in [0.05, 0.1) is 27.3 Å². The molecule has 0 saturated heterocycles. The molecule has 17 heavy (non-hydrogen) atoms. The fourth-order valence-electron chi connectivity index (χ4n) is 1.80. The molecule has 0 amide bonds. The van der Waals surface area contributed by atoms with Crippen molar-refractivity contribution in [3.63, 3.8) is 0 Å². The molecule has 0 aliphatic heterocycles. The van der Waals surface area contributed by atoms with Gasteiger partial charge in [-0.15, -0.1) is 0 Å². The van der Waals surface area contributed by atoms with Crippen molar-refractivity contribution in [3.05, 3.63) is 15.9 Å². The van der Waals surface area contributed by atoms with E-state index in [0.717, 1.165) is 41.7 Å². The van der Waals surface area contributed by atoms with Crippen LogP contribution < -0.4 is 0 Å². The Morgan fingerprint density at radius 2 is 2.06 bits per heavy atom. The minimum absolute atomic E-state index is 0.305. The molecular formula is C13H20BrN3. The van der Waals surface area contributed by atoms with Crippen LogP contribution in [0.3, 0.4) is 0 Å². The van der Waals surface area contributed by atoms with Crippen LogP contribution in [0.1, 0.15) is 45.5 Å². The second-order valence-corrected chi connectivity index (χ2v) is 5.37. The lowest BCUT2D eigenvalue weighted by molar-refractivity contribution is 0.404. The number of hydrogen-bond acceptors (Lipinski definition) is 2. The summed E-state index contributed by atoms with van der Waals surface area (Å²) in [5.74, 6) is 0.